The van der Waals surface area contributed by atoms with E-state index < -0.39 is 0 Å². The Morgan fingerprint density at radius 1 is 1.07 bits per heavy atom. The number of nitrogens with one attached hydrogen (secondary N) is 1. The predicted molar refractivity (Wildman–Crippen MR) is 100.0 cm³/mol. The second-order valence-electron chi connectivity index (χ2n) is 6.27. The molecule has 134 valence electrons. The molecule has 1 aromatic carbocycles. The highest BCUT2D eigenvalue weighted by molar-refractivity contribution is 5.94. The average Bonchev–Trinajstić information content (AvgIpc) is 3.35. The number of aromatic nitrogens is 4. The number of pyridine rings is 2. The van der Waals surface area contributed by atoms with Crippen LogP contribution in [0.4, 0.5) is 0 Å². The van der Waals surface area contributed by atoms with E-state index in [1.165, 1.54) is 0 Å². The van der Waals surface area contributed by atoms with Gasteiger partial charge in [-0.15, -0.1) is 0 Å². The number of aromatic amines is 1. The highest BCUT2D eigenvalue weighted by Gasteiger charge is 2.22. The minimum atomic E-state index is 0.190. The van der Waals surface area contributed by atoms with Gasteiger partial charge in [-0.3, -0.25) is 10.1 Å². The maximum absolute atomic E-state index is 5.53. The third kappa shape index (κ3) is 2.47. The van der Waals surface area contributed by atoms with Crippen molar-refractivity contribution in [3.05, 3.63) is 48.3 Å². The van der Waals surface area contributed by atoms with Crippen LogP contribution in [0.5, 0.6) is 17.2 Å². The monoisotopic (exact) mass is 360 g/mol. The molecule has 0 atom stereocenters. The number of nitrogens with zero attached hydrogens (tertiary/aromatic N) is 3. The van der Waals surface area contributed by atoms with E-state index in [0.717, 1.165) is 33.5 Å². The summed E-state index contributed by atoms with van der Waals surface area (Å²) in [4.78, 5) is 8.82. The van der Waals surface area contributed by atoms with E-state index >= 15 is 0 Å². The summed E-state index contributed by atoms with van der Waals surface area (Å²) in [6.07, 6.45) is 3.52. The molecule has 4 heterocycles. The first-order chi connectivity index (χ1) is 13.2. The van der Waals surface area contributed by atoms with E-state index in [1.54, 1.807) is 19.5 Å². The average molecular weight is 360 g/mol. The lowest BCUT2D eigenvalue weighted by molar-refractivity contribution is 0.171. The molecule has 0 fully saturated rings. The van der Waals surface area contributed by atoms with Gasteiger partial charge in [0.05, 0.1) is 18.5 Å². The molecule has 3 aromatic heterocycles. The number of rotatable bonds is 3. The summed E-state index contributed by atoms with van der Waals surface area (Å²) in [5.41, 5.74) is 5.38. The van der Waals surface area contributed by atoms with Crippen molar-refractivity contribution in [1.29, 1.82) is 0 Å². The second kappa shape index (κ2) is 5.98. The minimum Gasteiger partial charge on any atom is -0.493 e. The fourth-order valence-electron chi connectivity index (χ4n) is 3.36. The molecule has 0 bridgehead atoms. The molecule has 0 radical (unpaired) electrons. The van der Waals surface area contributed by atoms with Gasteiger partial charge < -0.3 is 14.2 Å². The Bertz CT molecular complexity index is 1160. The van der Waals surface area contributed by atoms with E-state index in [2.05, 4.69) is 22.1 Å². The van der Waals surface area contributed by atoms with Gasteiger partial charge in [-0.05, 0) is 42.8 Å². The Kier molecular flexibility index (Phi) is 3.46. The smallest absolute Gasteiger partial charge is 0.231 e. The van der Waals surface area contributed by atoms with Crippen molar-refractivity contribution in [2.45, 2.75) is 6.92 Å². The Morgan fingerprint density at radius 2 is 1.93 bits per heavy atom. The maximum Gasteiger partial charge on any atom is 0.231 e. The van der Waals surface area contributed by atoms with Crippen LogP contribution < -0.4 is 14.2 Å². The summed E-state index contributed by atoms with van der Waals surface area (Å²) in [5.74, 6) is 1.90. The fourth-order valence-corrected chi connectivity index (χ4v) is 3.36. The summed E-state index contributed by atoms with van der Waals surface area (Å²) in [6.45, 7) is 2.24. The Morgan fingerprint density at radius 3 is 2.74 bits per heavy atom. The van der Waals surface area contributed by atoms with Crippen molar-refractivity contribution in [3.8, 4) is 39.8 Å². The van der Waals surface area contributed by atoms with Crippen LogP contribution in [0.15, 0.2) is 42.7 Å². The van der Waals surface area contributed by atoms with E-state index in [0.29, 0.717) is 22.9 Å². The third-order valence-corrected chi connectivity index (χ3v) is 4.64. The van der Waals surface area contributed by atoms with Crippen LogP contribution in [-0.4, -0.2) is 34.1 Å². The highest BCUT2D eigenvalue weighted by Crippen LogP contribution is 2.44. The molecule has 0 aliphatic carbocycles. The largest absolute Gasteiger partial charge is 0.493 e. The minimum absolute atomic E-state index is 0.190. The first kappa shape index (κ1) is 15.6. The lowest BCUT2D eigenvalue weighted by atomic mass is 10.0. The molecule has 1 aliphatic rings. The van der Waals surface area contributed by atoms with Crippen molar-refractivity contribution in [2.75, 3.05) is 13.9 Å². The van der Waals surface area contributed by atoms with Crippen LogP contribution in [0.25, 0.3) is 33.5 Å². The van der Waals surface area contributed by atoms with Gasteiger partial charge in [0.2, 0.25) is 12.5 Å². The molecule has 0 unspecified atom stereocenters. The van der Waals surface area contributed by atoms with Crippen molar-refractivity contribution < 1.29 is 14.2 Å². The standard InChI is InChI=1S/C20H16N4O3/c1-11-7-14(13-8-15(25-2)19-16(9-13)26-10-27-19)22-20-17(11)18(23-24-20)12-3-5-21-6-4-12/h3-9H,10H2,1-2H3,(H,22,23,24). The zero-order valence-electron chi connectivity index (χ0n) is 14.8. The number of methoxy groups -OCH3 is 1. The van der Waals surface area contributed by atoms with Crippen LogP contribution in [0.2, 0.25) is 0 Å². The SMILES string of the molecule is COc1cc(-c2cc(C)c3c(-c4ccncc4)[nH]nc3n2)cc2c1OCO2. The molecule has 0 spiro atoms. The fraction of sp³-hybridized carbons (Fsp3) is 0.150. The molecule has 7 heteroatoms. The second-order valence-corrected chi connectivity index (χ2v) is 6.27. The van der Waals surface area contributed by atoms with Crippen molar-refractivity contribution >= 4 is 11.0 Å². The molecule has 0 saturated carbocycles. The number of ether oxygens (including phenoxy) is 3. The number of fused-ring (bicyclic) bond motifs is 2. The van der Waals surface area contributed by atoms with E-state index in [1.807, 2.05) is 30.3 Å². The van der Waals surface area contributed by atoms with Crippen LogP contribution in [-0.2, 0) is 0 Å². The summed E-state index contributed by atoms with van der Waals surface area (Å²) in [6, 6.07) is 9.75. The summed E-state index contributed by atoms with van der Waals surface area (Å²) >= 11 is 0. The molecule has 1 N–H and O–H groups in total. The lowest BCUT2D eigenvalue weighted by Crippen LogP contribution is -1.93. The van der Waals surface area contributed by atoms with Crippen LogP contribution >= 0.6 is 0 Å². The quantitative estimate of drug-likeness (QED) is 0.599. The molecule has 0 amide bonds. The highest BCUT2D eigenvalue weighted by atomic mass is 16.7. The predicted octanol–water partition coefficient (Wildman–Crippen LogP) is 3.73. The molecule has 5 rings (SSSR count). The van der Waals surface area contributed by atoms with Crippen molar-refractivity contribution in [3.63, 3.8) is 0 Å². The van der Waals surface area contributed by atoms with Gasteiger partial charge in [-0.25, -0.2) is 4.98 Å². The van der Waals surface area contributed by atoms with E-state index in [4.69, 9.17) is 19.2 Å². The molecular formula is C20H16N4O3. The molecule has 27 heavy (non-hydrogen) atoms. The van der Waals surface area contributed by atoms with Crippen molar-refractivity contribution in [1.82, 2.24) is 20.2 Å². The maximum atomic E-state index is 5.53. The first-order valence-corrected chi connectivity index (χ1v) is 8.48. The van der Waals surface area contributed by atoms with Gasteiger partial charge in [0.25, 0.3) is 0 Å². The summed E-state index contributed by atoms with van der Waals surface area (Å²) < 4.78 is 16.4. The normalized spacial score (nSPS) is 12.5. The lowest BCUT2D eigenvalue weighted by Gasteiger charge is -2.09. The Labute approximate surface area is 154 Å². The number of H-pyrrole nitrogens is 1. The summed E-state index contributed by atoms with van der Waals surface area (Å²) in [5, 5.41) is 8.52. The Hall–Kier alpha value is -3.61. The van der Waals surface area contributed by atoms with Gasteiger partial charge in [0.15, 0.2) is 17.1 Å². The molecular weight excluding hydrogens is 344 g/mol. The zero-order valence-corrected chi connectivity index (χ0v) is 14.8. The van der Waals surface area contributed by atoms with Gasteiger partial charge in [-0.2, -0.15) is 5.10 Å². The van der Waals surface area contributed by atoms with Gasteiger partial charge in [0.1, 0.15) is 0 Å². The van der Waals surface area contributed by atoms with Gasteiger partial charge in [-0.1, -0.05) is 0 Å². The van der Waals surface area contributed by atoms with Gasteiger partial charge >= 0.3 is 0 Å². The molecule has 7 nitrogen and oxygen atoms in total. The zero-order chi connectivity index (χ0) is 18.4. The van der Waals surface area contributed by atoms with E-state index in [-0.39, 0.29) is 6.79 Å². The molecule has 4 aromatic rings. The van der Waals surface area contributed by atoms with Crippen molar-refractivity contribution in [2.24, 2.45) is 0 Å². The topological polar surface area (TPSA) is 82.2 Å². The number of hydrogen-bond donors (Lipinski definition) is 1. The van der Waals surface area contributed by atoms with Crippen LogP contribution in [0, 0.1) is 6.92 Å². The number of aryl methyl sites for hydroxylation is 1. The first-order valence-electron chi connectivity index (χ1n) is 8.48. The molecule has 1 aliphatic heterocycles. The third-order valence-electron chi connectivity index (χ3n) is 4.64. The summed E-state index contributed by atoms with van der Waals surface area (Å²) in [7, 11) is 1.61. The van der Waals surface area contributed by atoms with E-state index in [9.17, 15) is 0 Å². The van der Waals surface area contributed by atoms with Crippen LogP contribution in [0.1, 0.15) is 5.56 Å². The number of hydrogen-bond acceptors (Lipinski definition) is 6. The van der Waals surface area contributed by atoms with Crippen LogP contribution in [0.3, 0.4) is 0 Å². The number of benzene rings is 1. The Balaban J connectivity index is 1.66. The molecule has 0 saturated heterocycles. The van der Waals surface area contributed by atoms with Gasteiger partial charge in [0, 0.05) is 28.9 Å².